The molecule has 0 fully saturated rings. The third-order valence-electron chi connectivity index (χ3n) is 4.20. The van der Waals surface area contributed by atoms with Crippen LogP contribution in [0.4, 0.5) is 5.69 Å². The lowest BCUT2D eigenvalue weighted by Crippen LogP contribution is -2.19. The van der Waals surface area contributed by atoms with E-state index in [-0.39, 0.29) is 18.3 Å². The molecule has 0 unspecified atom stereocenters. The van der Waals surface area contributed by atoms with Crippen molar-refractivity contribution in [2.24, 2.45) is 0 Å². The molecule has 0 saturated heterocycles. The van der Waals surface area contributed by atoms with Gasteiger partial charge in [-0.1, -0.05) is 41.1 Å². The second-order valence-corrected chi connectivity index (χ2v) is 6.77. The monoisotopic (exact) mass is 408 g/mol. The maximum Gasteiger partial charge on any atom is 0.439 e. The highest BCUT2D eigenvalue weighted by Gasteiger charge is 2.13. The Labute approximate surface area is 169 Å². The van der Waals surface area contributed by atoms with Gasteiger partial charge in [0.25, 0.3) is 0 Å². The van der Waals surface area contributed by atoms with Gasteiger partial charge in [-0.2, -0.15) is 5.10 Å². The van der Waals surface area contributed by atoms with Crippen LogP contribution in [-0.4, -0.2) is 30.8 Å². The Bertz CT molecular complexity index is 1300. The minimum Gasteiger partial charge on any atom is -0.325 e. The standard InChI is InChI=1S/C19H16N6O3S/c1-11-4-2-6-13(8-11)17-22-23-18(29)25(17)10-15(26)20-14-7-3-5-12(9-14)16-21-19(27)28-24-16/h2-9H,10H2,1H3,(H,20,26)(H,23,29)(H,21,24,27). The van der Waals surface area contributed by atoms with Gasteiger partial charge < -0.3 is 5.32 Å². The largest absolute Gasteiger partial charge is 0.439 e. The average molecular weight is 408 g/mol. The molecule has 10 heteroatoms. The molecule has 9 nitrogen and oxygen atoms in total. The van der Waals surface area contributed by atoms with Crippen molar-refractivity contribution >= 4 is 23.8 Å². The molecule has 1 amide bonds. The van der Waals surface area contributed by atoms with Gasteiger partial charge in [0.1, 0.15) is 6.54 Å². The molecule has 2 aromatic carbocycles. The predicted octanol–water partition coefficient (Wildman–Crippen LogP) is 2.90. The summed E-state index contributed by atoms with van der Waals surface area (Å²) in [5, 5.41) is 13.5. The van der Waals surface area contributed by atoms with E-state index in [9.17, 15) is 9.59 Å². The van der Waals surface area contributed by atoms with Crippen LogP contribution in [0.15, 0.2) is 57.8 Å². The molecule has 4 aromatic rings. The molecule has 0 atom stereocenters. The number of amides is 1. The highest BCUT2D eigenvalue weighted by molar-refractivity contribution is 7.71. The van der Waals surface area contributed by atoms with Crippen molar-refractivity contribution in [1.29, 1.82) is 0 Å². The Morgan fingerprint density at radius 2 is 2.00 bits per heavy atom. The SMILES string of the molecule is Cc1cccc(-c2n[nH]c(=S)n2CC(=O)Nc2cccc(-c3noc(=O)[nH]3)c2)c1. The zero-order chi connectivity index (χ0) is 20.4. The number of carbonyl (C=O) groups excluding carboxylic acids is 1. The van der Waals surface area contributed by atoms with Crippen molar-refractivity contribution in [2.45, 2.75) is 13.5 Å². The van der Waals surface area contributed by atoms with E-state index in [4.69, 9.17) is 12.2 Å². The van der Waals surface area contributed by atoms with Gasteiger partial charge in [0.05, 0.1) is 0 Å². The molecule has 4 rings (SSSR count). The zero-order valence-electron chi connectivity index (χ0n) is 15.3. The van der Waals surface area contributed by atoms with Crippen LogP contribution in [0.2, 0.25) is 0 Å². The Morgan fingerprint density at radius 3 is 2.76 bits per heavy atom. The Balaban J connectivity index is 1.55. The number of nitrogens with zero attached hydrogens (tertiary/aromatic N) is 3. The van der Waals surface area contributed by atoms with Crippen molar-refractivity contribution in [3.05, 3.63) is 69.4 Å². The maximum atomic E-state index is 12.6. The summed E-state index contributed by atoms with van der Waals surface area (Å²) in [6.07, 6.45) is 0. The number of aryl methyl sites for hydroxylation is 1. The number of benzene rings is 2. The number of nitrogens with one attached hydrogen (secondary N) is 3. The summed E-state index contributed by atoms with van der Waals surface area (Å²) >= 11 is 5.29. The molecule has 2 aromatic heterocycles. The summed E-state index contributed by atoms with van der Waals surface area (Å²) in [4.78, 5) is 26.2. The second-order valence-electron chi connectivity index (χ2n) is 6.38. The highest BCUT2D eigenvalue weighted by Crippen LogP contribution is 2.20. The summed E-state index contributed by atoms with van der Waals surface area (Å²) in [5.41, 5.74) is 3.09. The fourth-order valence-corrected chi connectivity index (χ4v) is 3.11. The molecule has 0 spiro atoms. The van der Waals surface area contributed by atoms with E-state index in [1.165, 1.54) is 0 Å². The van der Waals surface area contributed by atoms with Gasteiger partial charge >= 0.3 is 5.76 Å². The van der Waals surface area contributed by atoms with E-state index in [2.05, 4.69) is 30.2 Å². The molecule has 0 bridgehead atoms. The number of hydrogen-bond acceptors (Lipinski definition) is 6. The third-order valence-corrected chi connectivity index (χ3v) is 4.51. The van der Waals surface area contributed by atoms with Crippen molar-refractivity contribution in [3.8, 4) is 22.8 Å². The van der Waals surface area contributed by atoms with Crippen LogP contribution >= 0.6 is 12.2 Å². The first-order chi connectivity index (χ1) is 14.0. The number of rotatable bonds is 5. The van der Waals surface area contributed by atoms with Gasteiger partial charge in [0, 0.05) is 16.8 Å². The first kappa shape index (κ1) is 18.6. The van der Waals surface area contributed by atoms with Crippen LogP contribution in [0.5, 0.6) is 0 Å². The van der Waals surface area contributed by atoms with E-state index in [0.717, 1.165) is 11.1 Å². The maximum absolute atomic E-state index is 12.6. The minimum atomic E-state index is -0.646. The summed E-state index contributed by atoms with van der Waals surface area (Å²) in [7, 11) is 0. The number of aromatic nitrogens is 5. The number of H-pyrrole nitrogens is 2. The Morgan fingerprint density at radius 1 is 1.21 bits per heavy atom. The van der Waals surface area contributed by atoms with Crippen molar-refractivity contribution in [1.82, 2.24) is 24.9 Å². The van der Waals surface area contributed by atoms with Gasteiger partial charge in [-0.15, -0.1) is 0 Å². The third kappa shape index (κ3) is 4.06. The lowest BCUT2D eigenvalue weighted by Gasteiger charge is -2.09. The van der Waals surface area contributed by atoms with Crippen LogP contribution in [0.25, 0.3) is 22.8 Å². The molecule has 0 radical (unpaired) electrons. The minimum absolute atomic E-state index is 0.0103. The predicted molar refractivity (Wildman–Crippen MR) is 109 cm³/mol. The molecule has 0 saturated carbocycles. The molecule has 0 aliphatic heterocycles. The van der Waals surface area contributed by atoms with Crippen LogP contribution in [0.1, 0.15) is 5.56 Å². The molecular formula is C19H16N6O3S. The van der Waals surface area contributed by atoms with E-state index in [1.807, 2.05) is 31.2 Å². The highest BCUT2D eigenvalue weighted by atomic mass is 32.1. The summed E-state index contributed by atoms with van der Waals surface area (Å²) in [6.45, 7) is 1.97. The second kappa shape index (κ2) is 7.68. The normalized spacial score (nSPS) is 10.8. The van der Waals surface area contributed by atoms with Gasteiger partial charge in [-0.3, -0.25) is 24.0 Å². The zero-order valence-corrected chi connectivity index (χ0v) is 16.1. The molecule has 3 N–H and O–H groups in total. The first-order valence-electron chi connectivity index (χ1n) is 8.68. The lowest BCUT2D eigenvalue weighted by molar-refractivity contribution is -0.116. The number of anilines is 1. The summed E-state index contributed by atoms with van der Waals surface area (Å²) < 4.78 is 6.50. The average Bonchev–Trinajstić information content (AvgIpc) is 3.28. The number of carbonyl (C=O) groups is 1. The summed E-state index contributed by atoms with van der Waals surface area (Å²) in [6, 6.07) is 14.7. The topological polar surface area (TPSA) is 122 Å². The van der Waals surface area contributed by atoms with Gasteiger partial charge in [0.15, 0.2) is 16.4 Å². The van der Waals surface area contributed by atoms with Gasteiger partial charge in [0.2, 0.25) is 5.91 Å². The van der Waals surface area contributed by atoms with Crippen LogP contribution < -0.4 is 11.1 Å². The van der Waals surface area contributed by atoms with E-state index >= 15 is 0 Å². The smallest absolute Gasteiger partial charge is 0.325 e. The van der Waals surface area contributed by atoms with Crippen molar-refractivity contribution in [3.63, 3.8) is 0 Å². The molecular weight excluding hydrogens is 392 g/mol. The van der Waals surface area contributed by atoms with Crippen molar-refractivity contribution in [2.75, 3.05) is 5.32 Å². The van der Waals surface area contributed by atoms with E-state index in [0.29, 0.717) is 21.8 Å². The molecule has 2 heterocycles. The van der Waals surface area contributed by atoms with Crippen molar-refractivity contribution < 1.29 is 9.32 Å². The molecule has 146 valence electrons. The number of hydrogen-bond donors (Lipinski definition) is 3. The van der Waals surface area contributed by atoms with E-state index < -0.39 is 5.76 Å². The Kier molecular flexibility index (Phi) is 4.92. The van der Waals surface area contributed by atoms with E-state index in [1.54, 1.807) is 28.8 Å². The van der Waals surface area contributed by atoms with Crippen LogP contribution in [0, 0.1) is 11.7 Å². The fourth-order valence-electron chi connectivity index (χ4n) is 2.91. The first-order valence-corrected chi connectivity index (χ1v) is 9.09. The molecule has 0 aliphatic carbocycles. The molecule has 0 aliphatic rings. The quantitative estimate of drug-likeness (QED) is 0.437. The van der Waals surface area contributed by atoms with Gasteiger partial charge in [-0.05, 0) is 37.3 Å². The van der Waals surface area contributed by atoms with Gasteiger partial charge in [-0.25, -0.2) is 4.79 Å². The van der Waals surface area contributed by atoms with Crippen LogP contribution in [0.3, 0.4) is 0 Å². The Hall–Kier alpha value is -3.79. The lowest BCUT2D eigenvalue weighted by atomic mass is 10.1. The summed E-state index contributed by atoms with van der Waals surface area (Å²) in [5.74, 6) is -0.0534. The van der Waals surface area contributed by atoms with Crippen LogP contribution in [-0.2, 0) is 11.3 Å². The fraction of sp³-hybridized carbons (Fsp3) is 0.105. The number of aromatic amines is 2. The molecule has 29 heavy (non-hydrogen) atoms.